The first-order chi connectivity index (χ1) is 10.6. The van der Waals surface area contributed by atoms with Crippen molar-refractivity contribution in [1.29, 1.82) is 0 Å². The third kappa shape index (κ3) is 3.72. The van der Waals surface area contributed by atoms with Crippen molar-refractivity contribution in [3.63, 3.8) is 0 Å². The second-order valence-corrected chi connectivity index (χ2v) is 6.35. The summed E-state index contributed by atoms with van der Waals surface area (Å²) in [6, 6.07) is 7.58. The zero-order chi connectivity index (χ0) is 15.7. The number of rotatable bonds is 2. The lowest BCUT2D eigenvalue weighted by Gasteiger charge is -2.39. The van der Waals surface area contributed by atoms with Gasteiger partial charge in [-0.2, -0.15) is 0 Å². The van der Waals surface area contributed by atoms with Gasteiger partial charge in [0.1, 0.15) is 6.10 Å². The molecule has 4 atom stereocenters. The van der Waals surface area contributed by atoms with Crippen molar-refractivity contribution in [2.45, 2.75) is 44.9 Å². The highest BCUT2D eigenvalue weighted by Crippen LogP contribution is 2.34. The van der Waals surface area contributed by atoms with E-state index in [-0.39, 0.29) is 30.5 Å². The topological polar surface area (TPSA) is 64.8 Å². The molecule has 1 aromatic rings. The van der Waals surface area contributed by atoms with Gasteiger partial charge >= 0.3 is 0 Å². The molecule has 0 aromatic heterocycles. The quantitative estimate of drug-likeness (QED) is 0.896. The van der Waals surface area contributed by atoms with E-state index in [1.807, 2.05) is 43.0 Å². The molecule has 2 heterocycles. The van der Waals surface area contributed by atoms with Gasteiger partial charge in [-0.1, -0.05) is 12.1 Å². The van der Waals surface area contributed by atoms with Crippen LogP contribution in [0.2, 0.25) is 0 Å². The van der Waals surface area contributed by atoms with E-state index in [1.54, 1.807) is 0 Å². The second-order valence-electron chi connectivity index (χ2n) is 6.35. The predicted octanol–water partition coefficient (Wildman–Crippen LogP) is 2.22. The maximum atomic E-state index is 12.8. The molecule has 2 N–H and O–H groups in total. The maximum absolute atomic E-state index is 12.8. The summed E-state index contributed by atoms with van der Waals surface area (Å²) in [4.78, 5) is 14.7. The van der Waals surface area contributed by atoms with Gasteiger partial charge in [-0.15, -0.1) is 12.4 Å². The molecule has 1 amide bonds. The zero-order valence-corrected chi connectivity index (χ0v) is 14.4. The number of piperidine rings is 1. The van der Waals surface area contributed by atoms with Gasteiger partial charge in [0.25, 0.3) is 5.91 Å². The Kier molecular flexibility index (Phi) is 5.76. The third-order valence-electron chi connectivity index (χ3n) is 4.60. The lowest BCUT2D eigenvalue weighted by atomic mass is 9.91. The number of nitrogens with zero attached hydrogens (tertiary/aromatic N) is 1. The van der Waals surface area contributed by atoms with E-state index in [2.05, 4.69) is 0 Å². The molecule has 6 heteroatoms. The minimum absolute atomic E-state index is 0. The Morgan fingerprint density at radius 3 is 2.61 bits per heavy atom. The molecule has 4 unspecified atom stereocenters. The van der Waals surface area contributed by atoms with E-state index >= 15 is 0 Å². The summed E-state index contributed by atoms with van der Waals surface area (Å²) in [7, 11) is 0. The SMILES string of the molecule is CC(N)C1CCCN(C(=O)C2Oc3ccccc3OC2C)C1.Cl. The van der Waals surface area contributed by atoms with Crippen molar-refractivity contribution >= 4 is 18.3 Å². The number of amides is 1. The lowest BCUT2D eigenvalue weighted by Crippen LogP contribution is -2.54. The molecule has 3 rings (SSSR count). The number of hydrogen-bond donors (Lipinski definition) is 1. The number of halogens is 1. The first kappa shape index (κ1) is 17.9. The number of nitrogens with two attached hydrogens (primary N) is 1. The Morgan fingerprint density at radius 1 is 1.30 bits per heavy atom. The van der Waals surface area contributed by atoms with Crippen LogP contribution in [0, 0.1) is 5.92 Å². The van der Waals surface area contributed by atoms with Crippen molar-refractivity contribution in [2.75, 3.05) is 13.1 Å². The summed E-state index contributed by atoms with van der Waals surface area (Å²) in [6.07, 6.45) is 1.21. The molecule has 128 valence electrons. The van der Waals surface area contributed by atoms with Crippen LogP contribution in [0.1, 0.15) is 26.7 Å². The third-order valence-corrected chi connectivity index (χ3v) is 4.60. The van der Waals surface area contributed by atoms with Crippen LogP contribution in [-0.4, -0.2) is 42.1 Å². The predicted molar refractivity (Wildman–Crippen MR) is 91.1 cm³/mol. The van der Waals surface area contributed by atoms with E-state index in [1.165, 1.54) is 0 Å². The first-order valence-electron chi connectivity index (χ1n) is 8.03. The fourth-order valence-corrected chi connectivity index (χ4v) is 3.21. The smallest absolute Gasteiger partial charge is 0.267 e. The number of likely N-dealkylation sites (tertiary alicyclic amines) is 1. The van der Waals surface area contributed by atoms with Crippen molar-refractivity contribution in [1.82, 2.24) is 4.90 Å². The second kappa shape index (κ2) is 7.41. The maximum Gasteiger partial charge on any atom is 0.267 e. The number of hydrogen-bond acceptors (Lipinski definition) is 4. The van der Waals surface area contributed by atoms with Gasteiger partial charge in [0.05, 0.1) is 0 Å². The molecule has 1 fully saturated rings. The summed E-state index contributed by atoms with van der Waals surface area (Å²) in [5.74, 6) is 1.71. The number of carbonyl (C=O) groups excluding carboxylic acids is 1. The Morgan fingerprint density at radius 2 is 1.96 bits per heavy atom. The van der Waals surface area contributed by atoms with E-state index < -0.39 is 6.10 Å². The first-order valence-corrected chi connectivity index (χ1v) is 8.03. The van der Waals surface area contributed by atoms with E-state index in [9.17, 15) is 4.79 Å². The van der Waals surface area contributed by atoms with E-state index in [0.29, 0.717) is 24.0 Å². The number of carbonyl (C=O) groups is 1. The van der Waals surface area contributed by atoms with Crippen molar-refractivity contribution < 1.29 is 14.3 Å². The summed E-state index contributed by atoms with van der Waals surface area (Å²) in [6.45, 7) is 5.38. The Labute approximate surface area is 143 Å². The highest BCUT2D eigenvalue weighted by Gasteiger charge is 2.38. The molecule has 23 heavy (non-hydrogen) atoms. The molecule has 5 nitrogen and oxygen atoms in total. The summed E-state index contributed by atoms with van der Waals surface area (Å²) in [5, 5.41) is 0. The largest absolute Gasteiger partial charge is 0.482 e. The van der Waals surface area contributed by atoms with Crippen molar-refractivity contribution in [3.8, 4) is 11.5 Å². The Hall–Kier alpha value is -1.46. The zero-order valence-electron chi connectivity index (χ0n) is 13.6. The average Bonchev–Trinajstić information content (AvgIpc) is 2.53. The van der Waals surface area contributed by atoms with Crippen LogP contribution in [0.4, 0.5) is 0 Å². The molecule has 2 aliphatic rings. The monoisotopic (exact) mass is 340 g/mol. The van der Waals surface area contributed by atoms with Gasteiger partial charge in [-0.25, -0.2) is 0 Å². The highest BCUT2D eigenvalue weighted by atomic mass is 35.5. The van der Waals surface area contributed by atoms with Gasteiger partial charge in [0.15, 0.2) is 11.5 Å². The van der Waals surface area contributed by atoms with Gasteiger partial charge < -0.3 is 20.1 Å². The van der Waals surface area contributed by atoms with Gasteiger partial charge in [0.2, 0.25) is 6.10 Å². The van der Waals surface area contributed by atoms with Crippen LogP contribution in [0.25, 0.3) is 0 Å². The molecule has 0 saturated carbocycles. The van der Waals surface area contributed by atoms with Gasteiger partial charge in [0, 0.05) is 19.1 Å². The fraction of sp³-hybridized carbons (Fsp3) is 0.588. The molecule has 1 aromatic carbocycles. The van der Waals surface area contributed by atoms with E-state index in [0.717, 1.165) is 19.4 Å². The highest BCUT2D eigenvalue weighted by molar-refractivity contribution is 5.85. The van der Waals surface area contributed by atoms with Crippen molar-refractivity contribution in [2.24, 2.45) is 11.7 Å². The van der Waals surface area contributed by atoms with Gasteiger partial charge in [-0.3, -0.25) is 4.79 Å². The fourth-order valence-electron chi connectivity index (χ4n) is 3.21. The molecule has 0 radical (unpaired) electrons. The average molecular weight is 341 g/mol. The number of ether oxygens (including phenoxy) is 2. The summed E-state index contributed by atoms with van der Waals surface area (Å²) < 4.78 is 11.7. The number of para-hydroxylation sites is 2. The van der Waals surface area contributed by atoms with Crippen LogP contribution < -0.4 is 15.2 Å². The van der Waals surface area contributed by atoms with Crippen LogP contribution >= 0.6 is 12.4 Å². The molecular formula is C17H25ClN2O3. The minimum atomic E-state index is -0.582. The van der Waals surface area contributed by atoms with Gasteiger partial charge in [-0.05, 0) is 44.7 Å². The molecule has 0 aliphatic carbocycles. The Bertz CT molecular complexity index is 552. The minimum Gasteiger partial charge on any atom is -0.482 e. The normalized spacial score (nSPS) is 27.8. The molecule has 1 saturated heterocycles. The number of benzene rings is 1. The van der Waals surface area contributed by atoms with E-state index in [4.69, 9.17) is 15.2 Å². The van der Waals surface area contributed by atoms with Crippen LogP contribution in [0.15, 0.2) is 24.3 Å². The van der Waals surface area contributed by atoms with Crippen LogP contribution in [-0.2, 0) is 4.79 Å². The molecular weight excluding hydrogens is 316 g/mol. The number of fused-ring (bicyclic) bond motifs is 1. The van der Waals surface area contributed by atoms with Crippen LogP contribution in [0.3, 0.4) is 0 Å². The standard InChI is InChI=1S/C17H24N2O3.ClH/c1-11(18)13-6-5-9-19(10-13)17(20)16-12(2)21-14-7-3-4-8-15(14)22-16;/h3-4,7-8,11-13,16H,5-6,9-10,18H2,1-2H3;1H. The summed E-state index contributed by atoms with van der Waals surface area (Å²) in [5.41, 5.74) is 6.00. The lowest BCUT2D eigenvalue weighted by molar-refractivity contribution is -0.146. The molecule has 0 spiro atoms. The van der Waals surface area contributed by atoms with Crippen LogP contribution in [0.5, 0.6) is 11.5 Å². The summed E-state index contributed by atoms with van der Waals surface area (Å²) >= 11 is 0. The van der Waals surface area contributed by atoms with Crippen molar-refractivity contribution in [3.05, 3.63) is 24.3 Å². The Balaban J connectivity index is 0.00000192. The molecule has 2 aliphatic heterocycles. The molecule has 0 bridgehead atoms.